The van der Waals surface area contributed by atoms with E-state index in [0.29, 0.717) is 12.1 Å². The zero-order chi connectivity index (χ0) is 19.0. The summed E-state index contributed by atoms with van der Waals surface area (Å²) in [5.41, 5.74) is 3.05. The predicted molar refractivity (Wildman–Crippen MR) is 102 cm³/mol. The minimum atomic E-state index is -0.515. The summed E-state index contributed by atoms with van der Waals surface area (Å²) >= 11 is 0. The largest absolute Gasteiger partial charge is 0.351 e. The number of nitrogens with zero attached hydrogens (tertiary/aromatic N) is 2. The number of carbonyl (C=O) groups excluding carboxylic acids is 2. The molecule has 1 N–H and O–H groups in total. The van der Waals surface area contributed by atoms with Gasteiger partial charge in [0.25, 0.3) is 0 Å². The molecule has 1 unspecified atom stereocenters. The number of nitrogens with one attached hydrogen (secondary N) is 1. The van der Waals surface area contributed by atoms with Crippen LogP contribution in [0, 0.1) is 11.3 Å². The zero-order valence-corrected chi connectivity index (χ0v) is 15.2. The van der Waals surface area contributed by atoms with E-state index in [9.17, 15) is 9.59 Å². The van der Waals surface area contributed by atoms with Gasteiger partial charge >= 0.3 is 0 Å². The molecule has 2 aliphatic rings. The number of fused-ring (bicyclic) bond motifs is 1. The van der Waals surface area contributed by atoms with Crippen molar-refractivity contribution in [2.75, 3.05) is 11.4 Å². The van der Waals surface area contributed by atoms with Crippen LogP contribution in [0.1, 0.15) is 36.5 Å². The maximum Gasteiger partial charge on any atom is 0.237 e. The molecule has 27 heavy (non-hydrogen) atoms. The molecule has 5 heteroatoms. The average molecular weight is 359 g/mol. The van der Waals surface area contributed by atoms with Gasteiger partial charge in [0.15, 0.2) is 0 Å². The van der Waals surface area contributed by atoms with Crippen molar-refractivity contribution in [2.45, 2.75) is 37.6 Å². The van der Waals surface area contributed by atoms with Crippen molar-refractivity contribution in [3.8, 4) is 6.07 Å². The van der Waals surface area contributed by atoms with E-state index in [2.05, 4.69) is 11.4 Å². The van der Waals surface area contributed by atoms with Gasteiger partial charge in [-0.25, -0.2) is 0 Å². The zero-order valence-electron chi connectivity index (χ0n) is 15.2. The van der Waals surface area contributed by atoms with Crippen LogP contribution >= 0.6 is 0 Å². The third-order valence-electron chi connectivity index (χ3n) is 5.53. The first-order valence-corrected chi connectivity index (χ1v) is 9.21. The van der Waals surface area contributed by atoms with Gasteiger partial charge in [0, 0.05) is 19.2 Å². The van der Waals surface area contributed by atoms with Crippen molar-refractivity contribution in [3.63, 3.8) is 0 Å². The van der Waals surface area contributed by atoms with E-state index in [0.717, 1.165) is 36.1 Å². The molecule has 2 aromatic carbocycles. The molecule has 2 aromatic rings. The highest BCUT2D eigenvalue weighted by atomic mass is 16.2. The van der Waals surface area contributed by atoms with Gasteiger partial charge in [-0.2, -0.15) is 5.26 Å². The van der Waals surface area contributed by atoms with E-state index < -0.39 is 5.41 Å². The lowest BCUT2D eigenvalue weighted by molar-refractivity contribution is -0.122. The Morgan fingerprint density at radius 2 is 1.85 bits per heavy atom. The molecule has 0 aromatic heterocycles. The van der Waals surface area contributed by atoms with Crippen LogP contribution in [0.3, 0.4) is 0 Å². The van der Waals surface area contributed by atoms with E-state index in [4.69, 9.17) is 5.26 Å². The Balaban J connectivity index is 1.67. The van der Waals surface area contributed by atoms with Crippen LogP contribution in [-0.2, 0) is 21.4 Å². The summed E-state index contributed by atoms with van der Waals surface area (Å²) in [6.45, 7) is 1.99. The molecule has 0 spiro atoms. The molecule has 0 saturated heterocycles. The fraction of sp³-hybridized carbons (Fsp3) is 0.318. The van der Waals surface area contributed by atoms with Gasteiger partial charge in [-0.15, -0.1) is 0 Å². The molecule has 1 saturated carbocycles. The molecule has 4 rings (SSSR count). The van der Waals surface area contributed by atoms with E-state index in [-0.39, 0.29) is 17.9 Å². The Morgan fingerprint density at radius 3 is 2.48 bits per heavy atom. The number of rotatable bonds is 3. The number of benzene rings is 2. The van der Waals surface area contributed by atoms with E-state index >= 15 is 0 Å². The predicted octanol–water partition coefficient (Wildman–Crippen LogP) is 2.68. The van der Waals surface area contributed by atoms with Crippen molar-refractivity contribution in [3.05, 3.63) is 65.2 Å². The van der Waals surface area contributed by atoms with Crippen molar-refractivity contribution < 1.29 is 9.59 Å². The van der Waals surface area contributed by atoms with Crippen LogP contribution in [0.25, 0.3) is 0 Å². The van der Waals surface area contributed by atoms with Crippen molar-refractivity contribution in [2.24, 2.45) is 0 Å². The lowest BCUT2D eigenvalue weighted by Crippen LogP contribution is -2.52. The number of para-hydroxylation sites is 1. The SMILES string of the molecule is CC(=O)NC1Cc2ccccc2N(C(=O)C2(c3ccc(C#N)cc3)CC2)C1. The second-order valence-electron chi connectivity index (χ2n) is 7.42. The normalized spacial score (nSPS) is 19.6. The highest BCUT2D eigenvalue weighted by Gasteiger charge is 2.54. The van der Waals surface area contributed by atoms with Gasteiger partial charge in [-0.1, -0.05) is 30.3 Å². The molecular weight excluding hydrogens is 338 g/mol. The number of hydrogen-bond donors (Lipinski definition) is 1. The smallest absolute Gasteiger partial charge is 0.237 e. The highest BCUT2D eigenvalue weighted by Crippen LogP contribution is 2.50. The molecule has 136 valence electrons. The lowest BCUT2D eigenvalue weighted by Gasteiger charge is -2.37. The third-order valence-corrected chi connectivity index (χ3v) is 5.53. The van der Waals surface area contributed by atoms with E-state index in [1.165, 1.54) is 6.92 Å². The van der Waals surface area contributed by atoms with Crippen LogP contribution in [0.4, 0.5) is 5.69 Å². The van der Waals surface area contributed by atoms with Gasteiger partial charge in [0.2, 0.25) is 11.8 Å². The summed E-state index contributed by atoms with van der Waals surface area (Å²) in [5.74, 6) is -0.00489. The summed E-state index contributed by atoms with van der Waals surface area (Å²) in [7, 11) is 0. The van der Waals surface area contributed by atoms with Gasteiger partial charge in [-0.05, 0) is 48.6 Å². The molecule has 1 aliphatic heterocycles. The Hall–Kier alpha value is -3.13. The Labute approximate surface area is 158 Å². The van der Waals surface area contributed by atoms with Crippen LogP contribution in [0.5, 0.6) is 0 Å². The first-order chi connectivity index (χ1) is 13.0. The number of anilines is 1. The summed E-state index contributed by atoms with van der Waals surface area (Å²) < 4.78 is 0. The highest BCUT2D eigenvalue weighted by molar-refractivity contribution is 6.04. The lowest BCUT2D eigenvalue weighted by atomic mass is 9.90. The van der Waals surface area contributed by atoms with Crippen LogP contribution in [-0.4, -0.2) is 24.4 Å². The summed E-state index contributed by atoms with van der Waals surface area (Å²) in [6, 6.07) is 17.3. The Morgan fingerprint density at radius 1 is 1.15 bits per heavy atom. The molecule has 1 heterocycles. The first kappa shape index (κ1) is 17.3. The Kier molecular flexibility index (Phi) is 4.19. The maximum atomic E-state index is 13.6. The fourth-order valence-electron chi connectivity index (χ4n) is 4.05. The van der Waals surface area contributed by atoms with Crippen LogP contribution in [0.15, 0.2) is 48.5 Å². The van der Waals surface area contributed by atoms with Gasteiger partial charge in [-0.3, -0.25) is 9.59 Å². The molecule has 0 radical (unpaired) electrons. The number of hydrogen-bond acceptors (Lipinski definition) is 3. The first-order valence-electron chi connectivity index (χ1n) is 9.21. The van der Waals surface area contributed by atoms with Crippen LogP contribution < -0.4 is 10.2 Å². The molecule has 5 nitrogen and oxygen atoms in total. The second-order valence-corrected chi connectivity index (χ2v) is 7.42. The summed E-state index contributed by atoms with van der Waals surface area (Å²) in [6.07, 6.45) is 2.34. The molecule has 1 atom stereocenters. The third kappa shape index (κ3) is 3.08. The number of amides is 2. The van der Waals surface area contributed by atoms with Crippen molar-refractivity contribution in [1.29, 1.82) is 5.26 Å². The topological polar surface area (TPSA) is 73.2 Å². The van der Waals surface area contributed by atoms with Crippen LogP contribution in [0.2, 0.25) is 0 Å². The van der Waals surface area contributed by atoms with Gasteiger partial charge in [0.1, 0.15) is 0 Å². The average Bonchev–Trinajstić information content (AvgIpc) is 3.48. The molecule has 1 aliphatic carbocycles. The molecule has 2 amide bonds. The van der Waals surface area contributed by atoms with E-state index in [1.54, 1.807) is 12.1 Å². The quantitative estimate of drug-likeness (QED) is 0.916. The fourth-order valence-corrected chi connectivity index (χ4v) is 4.05. The second kappa shape index (κ2) is 6.55. The van der Waals surface area contributed by atoms with Gasteiger partial charge in [0.05, 0.1) is 23.1 Å². The Bertz CT molecular complexity index is 939. The number of carbonyl (C=O) groups is 2. The minimum absolute atomic E-state index is 0.0784. The monoisotopic (exact) mass is 359 g/mol. The number of nitriles is 1. The minimum Gasteiger partial charge on any atom is -0.351 e. The van der Waals surface area contributed by atoms with Crippen molar-refractivity contribution >= 4 is 17.5 Å². The molecular formula is C22H21N3O2. The standard InChI is InChI=1S/C22H21N3O2/c1-15(26)24-19-12-17-4-2-3-5-20(17)25(14-19)21(27)22(10-11-22)18-8-6-16(13-23)7-9-18/h2-9,19H,10-12,14H2,1H3,(H,24,26). The van der Waals surface area contributed by atoms with E-state index in [1.807, 2.05) is 41.3 Å². The van der Waals surface area contributed by atoms with Crippen molar-refractivity contribution in [1.82, 2.24) is 5.32 Å². The van der Waals surface area contributed by atoms with Gasteiger partial charge < -0.3 is 10.2 Å². The molecule has 0 bridgehead atoms. The summed E-state index contributed by atoms with van der Waals surface area (Å²) in [4.78, 5) is 27.0. The maximum absolute atomic E-state index is 13.6. The molecule has 1 fully saturated rings. The summed E-state index contributed by atoms with van der Waals surface area (Å²) in [5, 5.41) is 12.0.